The van der Waals surface area contributed by atoms with Crippen LogP contribution >= 0.6 is 0 Å². The topological polar surface area (TPSA) is 71.1 Å². The molecule has 1 aliphatic carbocycles. The van der Waals surface area contributed by atoms with E-state index in [0.717, 1.165) is 11.1 Å². The Balaban J connectivity index is 2.28. The van der Waals surface area contributed by atoms with Gasteiger partial charge in [-0.05, 0) is 13.3 Å². The quantitative estimate of drug-likeness (QED) is 0.623. The van der Waals surface area contributed by atoms with E-state index < -0.39 is 11.4 Å². The molecule has 23 heavy (non-hydrogen) atoms. The lowest BCUT2D eigenvalue weighted by Crippen LogP contribution is -2.35. The van der Waals surface area contributed by atoms with E-state index in [1.54, 1.807) is 21.1 Å². The molecular formula is C17H20O6. The molecule has 0 saturated heterocycles. The van der Waals surface area contributed by atoms with Crippen LogP contribution in [-0.2, 0) is 33.7 Å². The van der Waals surface area contributed by atoms with Crippen LogP contribution in [0.5, 0.6) is 11.5 Å². The lowest BCUT2D eigenvalue weighted by atomic mass is 9.86. The predicted octanol–water partition coefficient (Wildman–Crippen LogP) is 1.69. The summed E-state index contributed by atoms with van der Waals surface area (Å²) < 4.78 is 21.5. The highest BCUT2D eigenvalue weighted by molar-refractivity contribution is 6.17. The average molecular weight is 320 g/mol. The van der Waals surface area contributed by atoms with Gasteiger partial charge in [0.1, 0.15) is 16.9 Å². The van der Waals surface area contributed by atoms with Crippen molar-refractivity contribution in [1.82, 2.24) is 0 Å². The molecule has 0 saturated carbocycles. The van der Waals surface area contributed by atoms with E-state index in [1.807, 2.05) is 0 Å². The zero-order valence-electron chi connectivity index (χ0n) is 13.8. The average Bonchev–Trinajstić information content (AvgIpc) is 2.84. The van der Waals surface area contributed by atoms with Crippen molar-refractivity contribution in [3.8, 4) is 11.5 Å². The second kappa shape index (κ2) is 5.53. The van der Waals surface area contributed by atoms with Gasteiger partial charge in [0.25, 0.3) is 0 Å². The monoisotopic (exact) mass is 320 g/mol. The Morgan fingerprint density at radius 1 is 1.09 bits per heavy atom. The maximum atomic E-state index is 13.0. The standard InChI is InChI=1S/C17H20O6/c1-17(16(19)22-4)7-10-12(15(17)18)14(21-3)9-5-6-23-8-11(9)13(10)20-2/h5-8H2,1-4H3. The number of carbonyl (C=O) groups is 2. The molecule has 3 rings (SSSR count). The fourth-order valence-corrected chi connectivity index (χ4v) is 3.60. The van der Waals surface area contributed by atoms with Crippen LogP contribution in [0, 0.1) is 5.41 Å². The summed E-state index contributed by atoms with van der Waals surface area (Å²) in [4.78, 5) is 25.2. The van der Waals surface area contributed by atoms with Gasteiger partial charge in [-0.25, -0.2) is 0 Å². The van der Waals surface area contributed by atoms with Crippen molar-refractivity contribution < 1.29 is 28.5 Å². The summed E-state index contributed by atoms with van der Waals surface area (Å²) in [6.07, 6.45) is 0.880. The molecule has 2 aliphatic rings. The predicted molar refractivity (Wildman–Crippen MR) is 81.1 cm³/mol. The summed E-state index contributed by atoms with van der Waals surface area (Å²) in [6, 6.07) is 0. The highest BCUT2D eigenvalue weighted by atomic mass is 16.5. The Hall–Kier alpha value is -2.08. The number of benzene rings is 1. The maximum Gasteiger partial charge on any atom is 0.319 e. The van der Waals surface area contributed by atoms with Crippen LogP contribution in [0.15, 0.2) is 0 Å². The number of Topliss-reactive ketones (excluding diaryl/α,β-unsaturated/α-hetero) is 1. The molecule has 1 atom stereocenters. The summed E-state index contributed by atoms with van der Waals surface area (Å²) in [6.45, 7) is 2.58. The number of ether oxygens (including phenoxy) is 4. The first-order chi connectivity index (χ1) is 11.0. The third kappa shape index (κ3) is 2.05. The zero-order chi connectivity index (χ0) is 16.8. The van der Waals surface area contributed by atoms with Crippen LogP contribution in [0.25, 0.3) is 0 Å². The molecule has 0 radical (unpaired) electrons. The van der Waals surface area contributed by atoms with Crippen LogP contribution < -0.4 is 9.47 Å². The van der Waals surface area contributed by atoms with E-state index in [4.69, 9.17) is 18.9 Å². The van der Waals surface area contributed by atoms with Crippen LogP contribution in [0.3, 0.4) is 0 Å². The van der Waals surface area contributed by atoms with E-state index in [2.05, 4.69) is 0 Å². The molecule has 0 amide bonds. The summed E-state index contributed by atoms with van der Waals surface area (Å²) in [5, 5.41) is 0. The summed E-state index contributed by atoms with van der Waals surface area (Å²) >= 11 is 0. The second-order valence-electron chi connectivity index (χ2n) is 6.01. The number of ketones is 1. The Bertz CT molecular complexity index is 693. The first-order valence-electron chi connectivity index (χ1n) is 7.49. The molecule has 0 fully saturated rings. The van der Waals surface area contributed by atoms with Crippen molar-refractivity contribution in [2.24, 2.45) is 5.41 Å². The fourth-order valence-electron chi connectivity index (χ4n) is 3.60. The number of esters is 1. The molecule has 0 aromatic heterocycles. The van der Waals surface area contributed by atoms with Crippen molar-refractivity contribution in [1.29, 1.82) is 0 Å². The molecule has 0 N–H and O–H groups in total. The molecule has 1 heterocycles. The zero-order valence-corrected chi connectivity index (χ0v) is 13.8. The molecular weight excluding hydrogens is 300 g/mol. The highest BCUT2D eigenvalue weighted by Crippen LogP contribution is 2.50. The maximum absolute atomic E-state index is 13.0. The van der Waals surface area contributed by atoms with E-state index >= 15 is 0 Å². The number of carbonyl (C=O) groups excluding carboxylic acids is 2. The minimum absolute atomic E-state index is 0.237. The van der Waals surface area contributed by atoms with Gasteiger partial charge in [0.15, 0.2) is 5.78 Å². The third-order valence-corrected chi connectivity index (χ3v) is 4.76. The number of rotatable bonds is 3. The van der Waals surface area contributed by atoms with Crippen molar-refractivity contribution in [2.45, 2.75) is 26.4 Å². The Morgan fingerprint density at radius 2 is 1.78 bits per heavy atom. The molecule has 6 heteroatoms. The largest absolute Gasteiger partial charge is 0.496 e. The molecule has 1 unspecified atom stereocenters. The van der Waals surface area contributed by atoms with Crippen LogP contribution in [0.2, 0.25) is 0 Å². The van der Waals surface area contributed by atoms with Crippen LogP contribution in [0.1, 0.15) is 34.0 Å². The van der Waals surface area contributed by atoms with Crippen molar-refractivity contribution in [3.63, 3.8) is 0 Å². The SMILES string of the molecule is COC(=O)C1(C)Cc2c(OC)c3c(c(OC)c2C1=O)CCOC3. The van der Waals surface area contributed by atoms with Gasteiger partial charge in [-0.3, -0.25) is 9.59 Å². The van der Waals surface area contributed by atoms with Gasteiger partial charge in [0.05, 0.1) is 40.1 Å². The van der Waals surface area contributed by atoms with Gasteiger partial charge in [-0.15, -0.1) is 0 Å². The second-order valence-corrected chi connectivity index (χ2v) is 6.01. The molecule has 124 valence electrons. The van der Waals surface area contributed by atoms with E-state index in [-0.39, 0.29) is 12.2 Å². The Labute approximate surface area is 134 Å². The molecule has 0 bridgehead atoms. The first-order valence-corrected chi connectivity index (χ1v) is 7.49. The lowest BCUT2D eigenvalue weighted by Gasteiger charge is -2.24. The van der Waals surface area contributed by atoms with Crippen molar-refractivity contribution >= 4 is 11.8 Å². The van der Waals surface area contributed by atoms with Gasteiger partial charge in [-0.2, -0.15) is 0 Å². The number of fused-ring (bicyclic) bond motifs is 2. The molecule has 6 nitrogen and oxygen atoms in total. The first kappa shape index (κ1) is 15.8. The third-order valence-electron chi connectivity index (χ3n) is 4.76. The van der Waals surface area contributed by atoms with E-state index in [1.165, 1.54) is 7.11 Å². The van der Waals surface area contributed by atoms with Gasteiger partial charge < -0.3 is 18.9 Å². The van der Waals surface area contributed by atoms with Crippen LogP contribution in [0.4, 0.5) is 0 Å². The summed E-state index contributed by atoms with van der Waals surface area (Å²) in [5.74, 6) is 0.342. The smallest absolute Gasteiger partial charge is 0.319 e. The van der Waals surface area contributed by atoms with E-state index in [0.29, 0.717) is 42.3 Å². The van der Waals surface area contributed by atoms with Gasteiger partial charge in [0.2, 0.25) is 0 Å². The molecule has 0 spiro atoms. The molecule has 1 aromatic carbocycles. The van der Waals surface area contributed by atoms with Crippen molar-refractivity contribution in [3.05, 3.63) is 22.3 Å². The lowest BCUT2D eigenvalue weighted by molar-refractivity contribution is -0.148. The van der Waals surface area contributed by atoms with Gasteiger partial charge >= 0.3 is 5.97 Å². The fraction of sp³-hybridized carbons (Fsp3) is 0.529. The minimum Gasteiger partial charge on any atom is -0.496 e. The number of hydrogen-bond acceptors (Lipinski definition) is 6. The molecule has 1 aliphatic heterocycles. The highest BCUT2D eigenvalue weighted by Gasteiger charge is 2.52. The van der Waals surface area contributed by atoms with Crippen molar-refractivity contribution in [2.75, 3.05) is 27.9 Å². The summed E-state index contributed by atoms with van der Waals surface area (Å²) in [7, 11) is 4.39. The minimum atomic E-state index is -1.25. The van der Waals surface area contributed by atoms with Crippen LogP contribution in [-0.4, -0.2) is 39.7 Å². The molecule has 1 aromatic rings. The van der Waals surface area contributed by atoms with Gasteiger partial charge in [0, 0.05) is 23.1 Å². The Morgan fingerprint density at radius 3 is 2.39 bits per heavy atom. The van der Waals surface area contributed by atoms with E-state index in [9.17, 15) is 9.59 Å². The normalized spacial score (nSPS) is 22.3. The number of hydrogen-bond donors (Lipinski definition) is 0. The summed E-state index contributed by atoms with van der Waals surface area (Å²) in [5.41, 5.74) is 1.72. The van der Waals surface area contributed by atoms with Gasteiger partial charge in [-0.1, -0.05) is 0 Å². The Kier molecular flexibility index (Phi) is 3.80. The number of methoxy groups -OCH3 is 3.